The molecule has 1 unspecified atom stereocenters. The van der Waals surface area contributed by atoms with Crippen LogP contribution in [0, 0.1) is 0 Å². The summed E-state index contributed by atoms with van der Waals surface area (Å²) in [5, 5.41) is 0. The van der Waals surface area contributed by atoms with Crippen LogP contribution in [-0.4, -0.2) is 4.57 Å². The lowest BCUT2D eigenvalue weighted by molar-refractivity contribution is -0.704. The summed E-state index contributed by atoms with van der Waals surface area (Å²) in [6.45, 7) is 9.35. The van der Waals surface area contributed by atoms with Crippen molar-refractivity contribution >= 4 is 0 Å². The van der Waals surface area contributed by atoms with Crippen molar-refractivity contribution in [1.29, 1.82) is 0 Å². The molecule has 0 aliphatic rings. The largest absolute Gasteiger partial charge is 0.261 e. The molecule has 0 aliphatic carbocycles. The molecule has 0 spiro atoms. The van der Waals surface area contributed by atoms with E-state index in [-0.39, 0.29) is 0 Å². The molecule has 53 heavy (non-hydrogen) atoms. The summed E-state index contributed by atoms with van der Waals surface area (Å²) >= 11 is 0. The summed E-state index contributed by atoms with van der Waals surface area (Å²) in [5.74, 6) is 2.04. The van der Waals surface area contributed by atoms with Crippen LogP contribution in [0.25, 0.3) is 0 Å². The van der Waals surface area contributed by atoms with Gasteiger partial charge in [-0.25, -0.2) is 9.13 Å². The molecule has 1 atom stereocenters. The van der Waals surface area contributed by atoms with Crippen molar-refractivity contribution in [2.45, 2.75) is 232 Å². The lowest BCUT2D eigenvalue weighted by Crippen LogP contribution is -2.37. The summed E-state index contributed by atoms with van der Waals surface area (Å²) in [6, 6.07) is 22.4. The van der Waals surface area contributed by atoms with E-state index in [1.807, 2.05) is 0 Å². The molecule has 1 aromatic heterocycles. The van der Waals surface area contributed by atoms with Gasteiger partial charge in [0, 0.05) is 6.42 Å². The third-order valence-electron chi connectivity index (χ3n) is 11.9. The maximum atomic E-state index is 2.76. The maximum absolute atomic E-state index is 2.76. The van der Waals surface area contributed by atoms with Gasteiger partial charge in [-0.2, -0.15) is 0 Å². The molecule has 0 fully saturated rings. The van der Waals surface area contributed by atoms with Crippen molar-refractivity contribution < 1.29 is 4.57 Å². The zero-order valence-electron chi connectivity index (χ0n) is 35.5. The van der Waals surface area contributed by atoms with Gasteiger partial charge in [-0.1, -0.05) is 236 Å². The number of imidazole rings is 1. The molecule has 3 rings (SSSR count). The van der Waals surface area contributed by atoms with Crippen LogP contribution in [0.5, 0.6) is 0 Å². The van der Waals surface area contributed by atoms with E-state index >= 15 is 0 Å². The highest BCUT2D eigenvalue weighted by atomic mass is 15.2. The standard InChI is InChI=1S/C51H85N2/c1-4-6-8-10-12-14-16-18-20-22-24-26-28-36-42-52-46-50(44-47(3)49-40-34-31-35-41-49)53(51(52)45-48-38-32-30-33-39-48)43-37-29-27-25-23-21-19-17-15-13-11-9-7-5-2/h30-35,38-41,46-47H,4-29,36-37,42-45H2,1-3H3/q+1. The number of benzene rings is 2. The van der Waals surface area contributed by atoms with Gasteiger partial charge in [-0.05, 0) is 42.7 Å². The number of hydrogen-bond acceptors (Lipinski definition) is 0. The van der Waals surface area contributed by atoms with Crippen LogP contribution in [0.1, 0.15) is 229 Å². The highest BCUT2D eigenvalue weighted by Gasteiger charge is 2.25. The van der Waals surface area contributed by atoms with Crippen LogP contribution in [0.2, 0.25) is 0 Å². The summed E-state index contributed by atoms with van der Waals surface area (Å²) in [6.07, 6.45) is 44.3. The van der Waals surface area contributed by atoms with Crippen LogP contribution < -0.4 is 4.57 Å². The number of aryl methyl sites for hydroxylation is 1. The highest BCUT2D eigenvalue weighted by Crippen LogP contribution is 2.23. The Balaban J connectivity index is 1.50. The molecule has 3 aromatic rings. The fraction of sp³-hybridized carbons (Fsp3) is 0.706. The second kappa shape index (κ2) is 30.9. The van der Waals surface area contributed by atoms with Crippen LogP contribution in [0.4, 0.5) is 0 Å². The van der Waals surface area contributed by atoms with Crippen molar-refractivity contribution in [3.05, 3.63) is 89.5 Å². The highest BCUT2D eigenvalue weighted by molar-refractivity contribution is 5.22. The van der Waals surface area contributed by atoms with E-state index in [9.17, 15) is 0 Å². The van der Waals surface area contributed by atoms with Crippen molar-refractivity contribution in [3.8, 4) is 0 Å². The Labute approximate surface area is 330 Å². The molecule has 2 aromatic carbocycles. The first kappa shape index (κ1) is 45.0. The molecule has 1 heterocycles. The zero-order chi connectivity index (χ0) is 37.4. The molecule has 0 amide bonds. The number of nitrogens with zero attached hydrogens (tertiary/aromatic N) is 2. The van der Waals surface area contributed by atoms with E-state index in [4.69, 9.17) is 0 Å². The van der Waals surface area contributed by atoms with Gasteiger partial charge in [0.05, 0.1) is 19.5 Å². The second-order valence-corrected chi connectivity index (χ2v) is 16.8. The molecule has 0 saturated heterocycles. The van der Waals surface area contributed by atoms with Gasteiger partial charge in [0.25, 0.3) is 5.82 Å². The molecular weight excluding hydrogens is 641 g/mol. The Kier molecular flexibility index (Phi) is 26.3. The third kappa shape index (κ3) is 20.8. The van der Waals surface area contributed by atoms with E-state index in [0.29, 0.717) is 5.92 Å². The lowest BCUT2D eigenvalue weighted by Gasteiger charge is -2.12. The average Bonchev–Trinajstić information content (AvgIpc) is 3.50. The first-order valence-corrected chi connectivity index (χ1v) is 23.4. The smallest absolute Gasteiger partial charge is 0.234 e. The number of hydrogen-bond donors (Lipinski definition) is 0. The molecule has 0 aliphatic heterocycles. The van der Waals surface area contributed by atoms with Crippen molar-refractivity contribution in [1.82, 2.24) is 4.57 Å². The van der Waals surface area contributed by atoms with Crippen LogP contribution in [0.3, 0.4) is 0 Å². The molecule has 0 N–H and O–H groups in total. The Morgan fingerprint density at radius 3 is 1.32 bits per heavy atom. The van der Waals surface area contributed by atoms with E-state index in [2.05, 4.69) is 96.8 Å². The quantitative estimate of drug-likeness (QED) is 0.0422. The minimum atomic E-state index is 0.514. The van der Waals surface area contributed by atoms with Crippen molar-refractivity contribution in [3.63, 3.8) is 0 Å². The first-order valence-electron chi connectivity index (χ1n) is 23.4. The zero-order valence-corrected chi connectivity index (χ0v) is 35.5. The van der Waals surface area contributed by atoms with Crippen molar-refractivity contribution in [2.75, 3.05) is 0 Å². The Morgan fingerprint density at radius 2 is 0.868 bits per heavy atom. The molecule has 0 saturated carbocycles. The van der Waals surface area contributed by atoms with E-state index < -0.39 is 0 Å². The minimum absolute atomic E-state index is 0.514. The van der Waals surface area contributed by atoms with E-state index in [1.54, 1.807) is 0 Å². The summed E-state index contributed by atoms with van der Waals surface area (Å²) in [7, 11) is 0. The maximum Gasteiger partial charge on any atom is 0.261 e. The summed E-state index contributed by atoms with van der Waals surface area (Å²) in [5.41, 5.74) is 4.43. The molecule has 2 nitrogen and oxygen atoms in total. The van der Waals surface area contributed by atoms with Crippen molar-refractivity contribution in [2.24, 2.45) is 0 Å². The number of rotatable bonds is 35. The predicted octanol–water partition coefficient (Wildman–Crippen LogP) is 15.7. The van der Waals surface area contributed by atoms with Gasteiger partial charge in [0.2, 0.25) is 0 Å². The Bertz CT molecular complexity index is 1230. The molecule has 298 valence electrons. The minimum Gasteiger partial charge on any atom is -0.234 e. The van der Waals surface area contributed by atoms with Gasteiger partial charge in [0.1, 0.15) is 11.9 Å². The molecule has 2 heteroatoms. The Morgan fingerprint density at radius 1 is 0.472 bits per heavy atom. The van der Waals surface area contributed by atoms with Gasteiger partial charge < -0.3 is 0 Å². The van der Waals surface area contributed by atoms with Gasteiger partial charge >= 0.3 is 0 Å². The summed E-state index contributed by atoms with van der Waals surface area (Å²) < 4.78 is 5.43. The van der Waals surface area contributed by atoms with Gasteiger partial charge in [0.15, 0.2) is 0 Å². The third-order valence-corrected chi connectivity index (χ3v) is 11.9. The van der Waals surface area contributed by atoms with E-state index in [0.717, 1.165) is 25.9 Å². The molecule has 0 bridgehead atoms. The molecule has 0 radical (unpaired) electrons. The number of aromatic nitrogens is 2. The fourth-order valence-electron chi connectivity index (χ4n) is 8.40. The lowest BCUT2D eigenvalue weighted by atomic mass is 9.96. The predicted molar refractivity (Wildman–Crippen MR) is 233 cm³/mol. The van der Waals surface area contributed by atoms with Gasteiger partial charge in [-0.15, -0.1) is 0 Å². The second-order valence-electron chi connectivity index (χ2n) is 16.8. The number of unbranched alkanes of at least 4 members (excludes halogenated alkanes) is 26. The normalized spacial score (nSPS) is 12.1. The van der Waals surface area contributed by atoms with Crippen LogP contribution >= 0.6 is 0 Å². The SMILES string of the molecule is CCCCCCCCCCCCCCCCn1c(CC(C)c2ccccc2)c[n+](CCCCCCCCCCCCCCCC)c1Cc1ccccc1. The fourth-order valence-corrected chi connectivity index (χ4v) is 8.40. The monoisotopic (exact) mass is 726 g/mol. The van der Waals surface area contributed by atoms with Crippen LogP contribution in [-0.2, 0) is 25.9 Å². The summed E-state index contributed by atoms with van der Waals surface area (Å²) in [4.78, 5) is 0. The topological polar surface area (TPSA) is 8.81 Å². The van der Waals surface area contributed by atoms with Crippen LogP contribution in [0.15, 0.2) is 66.9 Å². The molecular formula is C51H85N2+. The average molecular weight is 726 g/mol. The van der Waals surface area contributed by atoms with Gasteiger partial charge in [-0.3, -0.25) is 0 Å². The first-order chi connectivity index (χ1) is 26.2. The van der Waals surface area contributed by atoms with E-state index in [1.165, 1.54) is 202 Å². The Hall–Kier alpha value is -2.35.